The number of ether oxygens (including phenoxy) is 1. The first kappa shape index (κ1) is 11.5. The van der Waals surface area contributed by atoms with Crippen molar-refractivity contribution in [1.29, 1.82) is 0 Å². The smallest absolute Gasteiger partial charge is 0.319 e. The monoisotopic (exact) mass is 200 g/mol. The zero-order chi connectivity index (χ0) is 10.4. The fourth-order valence-corrected chi connectivity index (χ4v) is 1.82. The summed E-state index contributed by atoms with van der Waals surface area (Å²) in [5, 5.41) is 3.12. The average molecular weight is 200 g/mol. The number of carbonyl (C=O) groups excluding carboxylic acids is 1. The van der Waals surface area contributed by atoms with Gasteiger partial charge in [-0.25, -0.2) is 0 Å². The van der Waals surface area contributed by atoms with Gasteiger partial charge in [0.2, 0.25) is 0 Å². The molecular weight excluding hydrogens is 180 g/mol. The molecule has 4 heteroatoms. The van der Waals surface area contributed by atoms with Crippen molar-refractivity contribution in [3.8, 4) is 0 Å². The molecule has 1 unspecified atom stereocenters. The molecule has 82 valence electrons. The predicted octanol–water partition coefficient (Wildman–Crippen LogP) is 0.0908. The van der Waals surface area contributed by atoms with Crippen LogP contribution in [0.2, 0.25) is 0 Å². The zero-order valence-electron chi connectivity index (χ0n) is 9.08. The van der Waals surface area contributed by atoms with E-state index in [0.29, 0.717) is 12.5 Å². The minimum atomic E-state index is -0.185. The van der Waals surface area contributed by atoms with E-state index in [1.54, 1.807) is 0 Å². The maximum atomic E-state index is 10.8. The van der Waals surface area contributed by atoms with E-state index >= 15 is 0 Å². The second-order valence-electron chi connectivity index (χ2n) is 3.75. The molecule has 0 aromatic heterocycles. The molecule has 0 spiro atoms. The quantitative estimate of drug-likeness (QED) is 0.639. The molecule has 0 aromatic rings. The lowest BCUT2D eigenvalue weighted by molar-refractivity contribution is -0.139. The maximum Gasteiger partial charge on any atom is 0.319 e. The Bertz CT molecular complexity index is 185. The lowest BCUT2D eigenvalue weighted by Gasteiger charge is -2.13. The number of likely N-dealkylation sites (tertiary alicyclic amines) is 1. The average Bonchev–Trinajstić information content (AvgIpc) is 2.65. The van der Waals surface area contributed by atoms with E-state index in [9.17, 15) is 4.79 Å². The van der Waals surface area contributed by atoms with Crippen molar-refractivity contribution in [1.82, 2.24) is 10.2 Å². The summed E-state index contributed by atoms with van der Waals surface area (Å²) in [5.41, 5.74) is 0. The van der Waals surface area contributed by atoms with Crippen LogP contribution in [0.4, 0.5) is 0 Å². The van der Waals surface area contributed by atoms with Crippen LogP contribution in [-0.4, -0.2) is 50.7 Å². The molecule has 4 nitrogen and oxygen atoms in total. The lowest BCUT2D eigenvalue weighted by atomic mass is 10.1. The van der Waals surface area contributed by atoms with Gasteiger partial charge in [-0.3, -0.25) is 4.79 Å². The predicted molar refractivity (Wildman–Crippen MR) is 55.1 cm³/mol. The van der Waals surface area contributed by atoms with Crippen LogP contribution < -0.4 is 5.32 Å². The van der Waals surface area contributed by atoms with Crippen molar-refractivity contribution in [2.24, 2.45) is 5.92 Å². The second-order valence-corrected chi connectivity index (χ2v) is 3.75. The van der Waals surface area contributed by atoms with Gasteiger partial charge in [-0.05, 0) is 32.0 Å². The summed E-state index contributed by atoms with van der Waals surface area (Å²) in [5.74, 6) is 0.509. The highest BCUT2D eigenvalue weighted by Gasteiger charge is 2.20. The Balaban J connectivity index is 2.05. The molecular formula is C10H20N2O2. The highest BCUT2D eigenvalue weighted by atomic mass is 16.5. The molecule has 1 aliphatic heterocycles. The van der Waals surface area contributed by atoms with Crippen LogP contribution in [0.15, 0.2) is 0 Å². The van der Waals surface area contributed by atoms with Crippen LogP contribution in [0.3, 0.4) is 0 Å². The van der Waals surface area contributed by atoms with Gasteiger partial charge in [-0.15, -0.1) is 0 Å². The molecule has 0 aliphatic carbocycles. The molecule has 1 N–H and O–H groups in total. The van der Waals surface area contributed by atoms with Crippen LogP contribution in [0.1, 0.15) is 13.3 Å². The molecule has 1 saturated heterocycles. The SMILES string of the molecule is CCN1CCC(CNCC(=O)OC)C1. The Labute approximate surface area is 85.6 Å². The Kier molecular flexibility index (Phi) is 4.90. The van der Waals surface area contributed by atoms with Crippen LogP contribution in [0, 0.1) is 5.92 Å². The molecule has 1 rings (SSSR count). The van der Waals surface area contributed by atoms with Gasteiger partial charge >= 0.3 is 5.97 Å². The van der Waals surface area contributed by atoms with Crippen molar-refractivity contribution < 1.29 is 9.53 Å². The number of carbonyl (C=O) groups is 1. The van der Waals surface area contributed by atoms with Gasteiger partial charge in [-0.1, -0.05) is 6.92 Å². The number of hydrogen-bond acceptors (Lipinski definition) is 4. The Morgan fingerprint density at radius 3 is 3.00 bits per heavy atom. The summed E-state index contributed by atoms with van der Waals surface area (Å²) in [4.78, 5) is 13.2. The summed E-state index contributed by atoms with van der Waals surface area (Å²) in [6.07, 6.45) is 1.24. The van der Waals surface area contributed by atoms with Gasteiger partial charge in [0.05, 0.1) is 13.7 Å². The van der Waals surface area contributed by atoms with E-state index in [0.717, 1.165) is 19.6 Å². The largest absolute Gasteiger partial charge is 0.468 e. The highest BCUT2D eigenvalue weighted by molar-refractivity contribution is 5.71. The van der Waals surface area contributed by atoms with E-state index in [2.05, 4.69) is 21.9 Å². The van der Waals surface area contributed by atoms with E-state index < -0.39 is 0 Å². The van der Waals surface area contributed by atoms with E-state index in [1.807, 2.05) is 0 Å². The van der Waals surface area contributed by atoms with Crippen molar-refractivity contribution in [3.63, 3.8) is 0 Å². The number of nitrogens with zero attached hydrogens (tertiary/aromatic N) is 1. The molecule has 1 heterocycles. The molecule has 1 fully saturated rings. The van der Waals surface area contributed by atoms with Crippen molar-refractivity contribution in [2.75, 3.05) is 39.8 Å². The molecule has 14 heavy (non-hydrogen) atoms. The van der Waals surface area contributed by atoms with Crippen molar-refractivity contribution in [2.45, 2.75) is 13.3 Å². The standard InChI is InChI=1S/C10H20N2O2/c1-3-12-5-4-9(8-12)6-11-7-10(13)14-2/h9,11H,3-8H2,1-2H3. The maximum absolute atomic E-state index is 10.8. The molecule has 0 amide bonds. The molecule has 0 saturated carbocycles. The summed E-state index contributed by atoms with van der Waals surface area (Å²) in [6, 6.07) is 0. The highest BCUT2D eigenvalue weighted by Crippen LogP contribution is 2.14. The fraction of sp³-hybridized carbons (Fsp3) is 0.900. The number of methoxy groups -OCH3 is 1. The van der Waals surface area contributed by atoms with Crippen LogP contribution in [-0.2, 0) is 9.53 Å². The number of hydrogen-bond donors (Lipinski definition) is 1. The first-order valence-electron chi connectivity index (χ1n) is 5.26. The van der Waals surface area contributed by atoms with Gasteiger partial charge in [0.15, 0.2) is 0 Å². The number of nitrogens with one attached hydrogen (secondary N) is 1. The minimum Gasteiger partial charge on any atom is -0.468 e. The van der Waals surface area contributed by atoms with Gasteiger partial charge < -0.3 is 15.0 Å². The van der Waals surface area contributed by atoms with E-state index in [-0.39, 0.29) is 5.97 Å². The second kappa shape index (κ2) is 5.98. The van der Waals surface area contributed by atoms with Gasteiger partial charge in [0.1, 0.15) is 0 Å². The van der Waals surface area contributed by atoms with Gasteiger partial charge in [0, 0.05) is 6.54 Å². The minimum absolute atomic E-state index is 0.185. The zero-order valence-corrected chi connectivity index (χ0v) is 9.08. The van der Waals surface area contributed by atoms with E-state index in [1.165, 1.54) is 20.1 Å². The summed E-state index contributed by atoms with van der Waals surface area (Å²) in [6.45, 7) is 6.92. The third-order valence-electron chi connectivity index (χ3n) is 2.75. The van der Waals surface area contributed by atoms with Crippen LogP contribution in [0.25, 0.3) is 0 Å². The van der Waals surface area contributed by atoms with Gasteiger partial charge in [0.25, 0.3) is 0 Å². The van der Waals surface area contributed by atoms with Gasteiger partial charge in [-0.2, -0.15) is 0 Å². The molecule has 0 bridgehead atoms. The number of esters is 1. The van der Waals surface area contributed by atoms with Crippen LogP contribution in [0.5, 0.6) is 0 Å². The molecule has 1 aliphatic rings. The molecule has 0 aromatic carbocycles. The third-order valence-corrected chi connectivity index (χ3v) is 2.75. The third kappa shape index (κ3) is 3.64. The Morgan fingerprint density at radius 2 is 2.43 bits per heavy atom. The number of rotatable bonds is 5. The van der Waals surface area contributed by atoms with Crippen LogP contribution >= 0.6 is 0 Å². The fourth-order valence-electron chi connectivity index (χ4n) is 1.82. The first-order chi connectivity index (χ1) is 6.76. The normalized spacial score (nSPS) is 22.6. The summed E-state index contributed by atoms with van der Waals surface area (Å²) in [7, 11) is 1.42. The van der Waals surface area contributed by atoms with Crippen molar-refractivity contribution in [3.05, 3.63) is 0 Å². The Hall–Kier alpha value is -0.610. The first-order valence-corrected chi connectivity index (χ1v) is 5.26. The summed E-state index contributed by atoms with van der Waals surface area (Å²) >= 11 is 0. The Morgan fingerprint density at radius 1 is 1.64 bits per heavy atom. The summed E-state index contributed by atoms with van der Waals surface area (Å²) < 4.78 is 4.55. The molecule has 1 atom stereocenters. The molecule has 0 radical (unpaired) electrons. The lowest BCUT2D eigenvalue weighted by Crippen LogP contribution is -2.30. The van der Waals surface area contributed by atoms with E-state index in [4.69, 9.17) is 0 Å². The van der Waals surface area contributed by atoms with Crippen molar-refractivity contribution >= 4 is 5.97 Å². The topological polar surface area (TPSA) is 41.6 Å².